The number of benzene rings is 3. The Labute approximate surface area is 247 Å². The zero-order chi connectivity index (χ0) is 29.8. The summed E-state index contributed by atoms with van der Waals surface area (Å²) in [6, 6.07) is 25.9. The summed E-state index contributed by atoms with van der Waals surface area (Å²) in [5.74, 6) is 0.524. The summed E-state index contributed by atoms with van der Waals surface area (Å²) in [6.45, 7) is 21.2. The average molecular weight is 553 g/mol. The largest absolute Gasteiger partial charge is 0.494 e. The molecule has 2 aliphatic rings. The molecule has 0 amide bonds. The van der Waals surface area contributed by atoms with E-state index in [0.717, 1.165) is 34.4 Å². The molecule has 216 valence electrons. The van der Waals surface area contributed by atoms with Crippen LogP contribution in [-0.4, -0.2) is 36.6 Å². The van der Waals surface area contributed by atoms with Gasteiger partial charge in [-0.1, -0.05) is 50.2 Å². The van der Waals surface area contributed by atoms with Crippen LogP contribution >= 0.6 is 0 Å². The van der Waals surface area contributed by atoms with Crippen LogP contribution in [0.3, 0.4) is 0 Å². The summed E-state index contributed by atoms with van der Waals surface area (Å²) in [6.07, 6.45) is 1.11. The van der Waals surface area contributed by atoms with Crippen LogP contribution in [0.1, 0.15) is 87.1 Å². The molecule has 3 aromatic carbocycles. The predicted octanol–water partition coefficient (Wildman–Crippen LogP) is 7.27. The van der Waals surface area contributed by atoms with E-state index in [2.05, 4.69) is 147 Å². The van der Waals surface area contributed by atoms with Crippen LogP contribution in [0.15, 0.2) is 72.8 Å². The number of nitrogens with zero attached hydrogens (tertiary/aromatic N) is 1. The highest BCUT2D eigenvalue weighted by molar-refractivity contribution is 6.62. The van der Waals surface area contributed by atoms with Crippen molar-refractivity contribution in [3.8, 4) is 0 Å². The molecule has 3 aromatic rings. The van der Waals surface area contributed by atoms with Gasteiger partial charge in [0.25, 0.3) is 0 Å². The van der Waals surface area contributed by atoms with E-state index in [1.165, 1.54) is 5.56 Å². The Morgan fingerprint density at radius 2 is 0.829 bits per heavy atom. The van der Waals surface area contributed by atoms with Crippen LogP contribution in [0, 0.1) is 0 Å². The van der Waals surface area contributed by atoms with Crippen molar-refractivity contribution in [3.63, 3.8) is 0 Å². The van der Waals surface area contributed by atoms with Crippen molar-refractivity contribution in [1.82, 2.24) is 0 Å². The van der Waals surface area contributed by atoms with Crippen LogP contribution in [-0.2, 0) is 18.6 Å². The van der Waals surface area contributed by atoms with Crippen molar-refractivity contribution >= 4 is 42.2 Å². The van der Waals surface area contributed by atoms with E-state index in [1.807, 2.05) is 0 Å². The maximum atomic E-state index is 6.30. The Hall–Kier alpha value is -2.57. The maximum Gasteiger partial charge on any atom is 0.494 e. The molecule has 0 bridgehead atoms. The highest BCUT2D eigenvalue weighted by atomic mass is 16.7. The molecule has 41 heavy (non-hydrogen) atoms. The summed E-state index contributed by atoms with van der Waals surface area (Å²) in [5.41, 5.74) is 5.09. The Morgan fingerprint density at radius 3 is 1.12 bits per heavy atom. The second-order valence-corrected chi connectivity index (χ2v) is 13.6. The molecule has 2 fully saturated rings. The third-order valence-corrected chi connectivity index (χ3v) is 9.69. The third-order valence-electron chi connectivity index (χ3n) is 9.69. The lowest BCUT2D eigenvalue weighted by Gasteiger charge is -2.32. The predicted molar refractivity (Wildman–Crippen MR) is 171 cm³/mol. The standard InChI is InChI=1S/C34H45B2NO4/c1-11-24(2)25-12-18-28(19-13-25)37(29-20-14-26(15-21-29)35-38-31(3,4)32(5,6)39-35)30-22-16-27(17-23-30)36-40-33(7,8)34(9,10)41-36/h12-24H,11H2,1-10H3. The monoisotopic (exact) mass is 553 g/mol. The van der Waals surface area contributed by atoms with Gasteiger partial charge in [0, 0.05) is 17.1 Å². The highest BCUT2D eigenvalue weighted by Crippen LogP contribution is 2.39. The molecule has 0 aromatic heterocycles. The van der Waals surface area contributed by atoms with Gasteiger partial charge in [-0.3, -0.25) is 0 Å². The first-order valence-electron chi connectivity index (χ1n) is 15.0. The molecule has 1 unspecified atom stereocenters. The van der Waals surface area contributed by atoms with Crippen LogP contribution in [0.4, 0.5) is 17.1 Å². The molecule has 0 saturated carbocycles. The molecule has 1 atom stereocenters. The van der Waals surface area contributed by atoms with Crippen molar-refractivity contribution in [2.75, 3.05) is 4.90 Å². The van der Waals surface area contributed by atoms with Gasteiger partial charge < -0.3 is 23.5 Å². The van der Waals surface area contributed by atoms with Gasteiger partial charge in [-0.25, -0.2) is 0 Å². The minimum absolute atomic E-state index is 0.376. The van der Waals surface area contributed by atoms with Gasteiger partial charge >= 0.3 is 14.2 Å². The maximum absolute atomic E-state index is 6.30. The van der Waals surface area contributed by atoms with E-state index in [1.54, 1.807) is 0 Å². The van der Waals surface area contributed by atoms with Gasteiger partial charge in [-0.05, 0) is 121 Å². The van der Waals surface area contributed by atoms with E-state index < -0.39 is 14.2 Å². The van der Waals surface area contributed by atoms with E-state index >= 15 is 0 Å². The Bertz CT molecular complexity index is 1240. The van der Waals surface area contributed by atoms with E-state index in [4.69, 9.17) is 18.6 Å². The fourth-order valence-electron chi connectivity index (χ4n) is 5.15. The average Bonchev–Trinajstić information content (AvgIpc) is 3.29. The molecule has 0 aliphatic carbocycles. The number of anilines is 3. The second kappa shape index (κ2) is 10.6. The number of hydrogen-bond donors (Lipinski definition) is 0. The fraction of sp³-hybridized carbons (Fsp3) is 0.471. The molecule has 0 radical (unpaired) electrons. The van der Waals surface area contributed by atoms with Crippen LogP contribution in [0.5, 0.6) is 0 Å². The zero-order valence-electron chi connectivity index (χ0n) is 26.4. The van der Waals surface area contributed by atoms with Gasteiger partial charge in [0.05, 0.1) is 22.4 Å². The van der Waals surface area contributed by atoms with Gasteiger partial charge in [0.1, 0.15) is 0 Å². The first-order valence-corrected chi connectivity index (χ1v) is 15.0. The topological polar surface area (TPSA) is 40.2 Å². The molecular weight excluding hydrogens is 508 g/mol. The molecular formula is C34H45B2NO4. The van der Waals surface area contributed by atoms with Crippen LogP contribution in [0.2, 0.25) is 0 Å². The summed E-state index contributed by atoms with van der Waals surface area (Å²) < 4.78 is 25.2. The van der Waals surface area contributed by atoms with Crippen molar-refractivity contribution in [2.45, 2.75) is 104 Å². The van der Waals surface area contributed by atoms with Crippen molar-refractivity contribution < 1.29 is 18.6 Å². The van der Waals surface area contributed by atoms with Crippen LogP contribution in [0.25, 0.3) is 0 Å². The summed E-state index contributed by atoms with van der Waals surface area (Å²) >= 11 is 0. The quantitative estimate of drug-likeness (QED) is 0.288. The lowest BCUT2D eigenvalue weighted by atomic mass is 9.79. The van der Waals surface area contributed by atoms with Gasteiger partial charge in [0.15, 0.2) is 0 Å². The van der Waals surface area contributed by atoms with Crippen molar-refractivity contribution in [1.29, 1.82) is 0 Å². The molecule has 2 saturated heterocycles. The minimum Gasteiger partial charge on any atom is -0.399 e. The summed E-state index contributed by atoms with van der Waals surface area (Å²) in [5, 5.41) is 0. The minimum atomic E-state index is -0.392. The second-order valence-electron chi connectivity index (χ2n) is 13.6. The van der Waals surface area contributed by atoms with Crippen molar-refractivity contribution in [2.24, 2.45) is 0 Å². The SMILES string of the molecule is CCC(C)c1ccc(N(c2ccc(B3OC(C)(C)C(C)(C)O3)cc2)c2ccc(B3OC(C)(C)C(C)(C)O3)cc2)cc1. The van der Waals surface area contributed by atoms with Gasteiger partial charge in [-0.15, -0.1) is 0 Å². The van der Waals surface area contributed by atoms with Crippen molar-refractivity contribution in [3.05, 3.63) is 78.4 Å². The zero-order valence-corrected chi connectivity index (χ0v) is 26.4. The molecule has 2 aliphatic heterocycles. The number of rotatable bonds is 7. The molecule has 5 rings (SSSR count). The van der Waals surface area contributed by atoms with E-state index in [9.17, 15) is 0 Å². The molecule has 0 N–H and O–H groups in total. The Balaban J connectivity index is 1.46. The summed E-state index contributed by atoms with van der Waals surface area (Å²) in [4.78, 5) is 2.28. The van der Waals surface area contributed by atoms with Gasteiger partial charge in [-0.2, -0.15) is 0 Å². The summed E-state index contributed by atoms with van der Waals surface area (Å²) in [7, 11) is -0.784. The third kappa shape index (κ3) is 5.62. The lowest BCUT2D eigenvalue weighted by Crippen LogP contribution is -2.41. The highest BCUT2D eigenvalue weighted by Gasteiger charge is 2.52. The van der Waals surface area contributed by atoms with E-state index in [0.29, 0.717) is 5.92 Å². The Kier molecular flexibility index (Phi) is 7.74. The fourth-order valence-corrected chi connectivity index (χ4v) is 5.15. The van der Waals surface area contributed by atoms with E-state index in [-0.39, 0.29) is 22.4 Å². The number of hydrogen-bond acceptors (Lipinski definition) is 5. The first-order chi connectivity index (χ1) is 19.1. The van der Waals surface area contributed by atoms with Gasteiger partial charge in [0.2, 0.25) is 0 Å². The smallest absolute Gasteiger partial charge is 0.399 e. The Morgan fingerprint density at radius 1 is 0.537 bits per heavy atom. The molecule has 2 heterocycles. The normalized spacial score (nSPS) is 21.2. The van der Waals surface area contributed by atoms with Crippen LogP contribution < -0.4 is 15.8 Å². The lowest BCUT2D eigenvalue weighted by molar-refractivity contribution is 0.00578. The first kappa shape index (κ1) is 29.9. The molecule has 0 spiro atoms. The molecule has 7 heteroatoms. The molecule has 5 nitrogen and oxygen atoms in total.